The first-order valence-corrected chi connectivity index (χ1v) is 12.7. The summed E-state index contributed by atoms with van der Waals surface area (Å²) in [4.78, 5) is 18.1. The Labute approximate surface area is 212 Å². The number of nitrogens with one attached hydrogen (secondary N) is 1. The van der Waals surface area contributed by atoms with Crippen LogP contribution in [0.3, 0.4) is 0 Å². The minimum Gasteiger partial charge on any atom is -0.384 e. The molecule has 1 saturated heterocycles. The van der Waals surface area contributed by atoms with Crippen molar-refractivity contribution in [1.82, 2.24) is 24.8 Å². The zero-order valence-electron chi connectivity index (χ0n) is 19.9. The van der Waals surface area contributed by atoms with Crippen LogP contribution in [0.5, 0.6) is 0 Å². The van der Waals surface area contributed by atoms with E-state index in [1.54, 1.807) is 0 Å². The number of fused-ring (bicyclic) bond motifs is 1. The smallest absolute Gasteiger partial charge is 0.0737 e. The van der Waals surface area contributed by atoms with Crippen molar-refractivity contribution in [3.05, 3.63) is 95.7 Å². The van der Waals surface area contributed by atoms with Crippen molar-refractivity contribution in [3.8, 4) is 0 Å². The summed E-state index contributed by atoms with van der Waals surface area (Å²) in [5, 5.41) is 5.43. The first-order chi connectivity index (χ1) is 17.3. The van der Waals surface area contributed by atoms with Crippen molar-refractivity contribution in [1.29, 1.82) is 0 Å². The molecule has 6 nitrogen and oxygen atoms in total. The molecule has 1 aromatic carbocycles. The quantitative estimate of drug-likeness (QED) is 0.342. The molecule has 1 N–H and O–H groups in total. The Kier molecular flexibility index (Phi) is 7.83. The lowest BCUT2D eigenvalue weighted by Gasteiger charge is -2.31. The van der Waals surface area contributed by atoms with Gasteiger partial charge in [-0.1, -0.05) is 11.6 Å². The molecule has 1 aliphatic heterocycles. The van der Waals surface area contributed by atoms with Crippen LogP contribution in [0.1, 0.15) is 30.0 Å². The Morgan fingerprint density at radius 1 is 0.829 bits per heavy atom. The molecule has 0 spiro atoms. The number of hydrogen-bond donors (Lipinski definition) is 1. The molecule has 0 aliphatic carbocycles. The minimum absolute atomic E-state index is 0.232. The van der Waals surface area contributed by atoms with Gasteiger partial charge in [-0.15, -0.1) is 0 Å². The van der Waals surface area contributed by atoms with E-state index >= 15 is 0 Å². The predicted molar refractivity (Wildman–Crippen MR) is 143 cm³/mol. The van der Waals surface area contributed by atoms with Crippen molar-refractivity contribution in [3.63, 3.8) is 0 Å². The average molecular weight is 487 g/mol. The van der Waals surface area contributed by atoms with Gasteiger partial charge in [-0.05, 0) is 85.6 Å². The lowest BCUT2D eigenvalue weighted by Crippen LogP contribution is -2.34. The fraction of sp³-hybridized carbons (Fsp3) is 0.321. The zero-order valence-corrected chi connectivity index (χ0v) is 20.6. The second kappa shape index (κ2) is 11.6. The third-order valence-electron chi connectivity index (χ3n) is 6.70. The molecule has 4 aromatic rings. The maximum atomic E-state index is 6.12. The molecule has 4 heterocycles. The van der Waals surface area contributed by atoms with E-state index in [9.17, 15) is 0 Å². The van der Waals surface area contributed by atoms with Gasteiger partial charge in [0, 0.05) is 73.3 Å². The Morgan fingerprint density at radius 2 is 1.57 bits per heavy atom. The Hall–Kier alpha value is -3.06. The SMILES string of the molecule is Clc1ccc2c(NCCCN3CCCN(C(c4ccncc4)c4ccncc4)CC3)ccnc2c1. The maximum Gasteiger partial charge on any atom is 0.0737 e. The van der Waals surface area contributed by atoms with Crippen LogP contribution in [0.15, 0.2) is 79.5 Å². The highest BCUT2D eigenvalue weighted by Crippen LogP contribution is 2.29. The molecular weight excluding hydrogens is 456 g/mol. The standard InChI is InChI=1S/C28H31ClN6/c29-24-3-4-25-26(9-15-33-27(25)21-24)32-10-1-16-34-17-2-18-35(20-19-34)28(22-5-11-30-12-6-22)23-7-13-31-14-8-23/h3-9,11-15,21,28H,1-2,10,16-20H2,(H,32,33). The van der Waals surface area contributed by atoms with E-state index in [0.717, 1.165) is 68.7 Å². The molecule has 0 bridgehead atoms. The van der Waals surface area contributed by atoms with Gasteiger partial charge in [0.25, 0.3) is 0 Å². The lowest BCUT2D eigenvalue weighted by atomic mass is 9.98. The molecule has 0 atom stereocenters. The fourth-order valence-electron chi connectivity index (χ4n) is 4.98. The molecule has 180 valence electrons. The monoisotopic (exact) mass is 486 g/mol. The molecule has 1 fully saturated rings. The molecule has 5 rings (SSSR count). The predicted octanol–water partition coefficient (Wildman–Crippen LogP) is 5.28. The molecule has 0 amide bonds. The van der Waals surface area contributed by atoms with Crippen LogP contribution in [0.25, 0.3) is 10.9 Å². The van der Waals surface area contributed by atoms with E-state index in [-0.39, 0.29) is 6.04 Å². The summed E-state index contributed by atoms with van der Waals surface area (Å²) in [5.41, 5.74) is 4.61. The number of halogens is 1. The Morgan fingerprint density at radius 3 is 2.31 bits per heavy atom. The number of hydrogen-bond acceptors (Lipinski definition) is 6. The highest BCUT2D eigenvalue weighted by atomic mass is 35.5. The van der Waals surface area contributed by atoms with E-state index in [1.807, 2.05) is 55.2 Å². The van der Waals surface area contributed by atoms with E-state index < -0.39 is 0 Å². The lowest BCUT2D eigenvalue weighted by molar-refractivity contribution is 0.222. The van der Waals surface area contributed by atoms with Gasteiger partial charge in [0.05, 0.1) is 11.6 Å². The van der Waals surface area contributed by atoms with Gasteiger partial charge >= 0.3 is 0 Å². The first kappa shape index (κ1) is 23.7. The van der Waals surface area contributed by atoms with Crippen LogP contribution < -0.4 is 5.32 Å². The van der Waals surface area contributed by atoms with Gasteiger partial charge in [-0.2, -0.15) is 0 Å². The van der Waals surface area contributed by atoms with Gasteiger partial charge in [-0.25, -0.2) is 0 Å². The highest BCUT2D eigenvalue weighted by molar-refractivity contribution is 6.31. The fourth-order valence-corrected chi connectivity index (χ4v) is 5.15. The average Bonchev–Trinajstić information content (AvgIpc) is 3.13. The van der Waals surface area contributed by atoms with Crippen molar-refractivity contribution < 1.29 is 0 Å². The number of aromatic nitrogens is 3. The van der Waals surface area contributed by atoms with Crippen LogP contribution >= 0.6 is 11.6 Å². The van der Waals surface area contributed by atoms with Crippen LogP contribution in [-0.2, 0) is 0 Å². The third-order valence-corrected chi connectivity index (χ3v) is 6.94. The van der Waals surface area contributed by atoms with Gasteiger partial charge < -0.3 is 10.2 Å². The largest absolute Gasteiger partial charge is 0.384 e. The topological polar surface area (TPSA) is 57.2 Å². The molecule has 35 heavy (non-hydrogen) atoms. The van der Waals surface area contributed by atoms with Gasteiger partial charge in [0.2, 0.25) is 0 Å². The molecule has 0 saturated carbocycles. The van der Waals surface area contributed by atoms with Crippen molar-refractivity contribution in [2.24, 2.45) is 0 Å². The molecule has 0 radical (unpaired) electrons. The van der Waals surface area contributed by atoms with Crippen molar-refractivity contribution in [2.75, 3.05) is 44.6 Å². The van der Waals surface area contributed by atoms with E-state index in [2.05, 4.69) is 54.3 Å². The van der Waals surface area contributed by atoms with Crippen molar-refractivity contribution in [2.45, 2.75) is 18.9 Å². The van der Waals surface area contributed by atoms with E-state index in [1.165, 1.54) is 11.1 Å². The second-order valence-electron chi connectivity index (χ2n) is 9.00. The summed E-state index contributed by atoms with van der Waals surface area (Å²) >= 11 is 6.12. The molecular formula is C28H31ClN6. The van der Waals surface area contributed by atoms with Gasteiger partial charge in [-0.3, -0.25) is 19.9 Å². The van der Waals surface area contributed by atoms with Crippen LogP contribution in [0.4, 0.5) is 5.69 Å². The number of anilines is 1. The number of nitrogens with zero attached hydrogens (tertiary/aromatic N) is 5. The first-order valence-electron chi connectivity index (χ1n) is 12.3. The summed E-state index contributed by atoms with van der Waals surface area (Å²) in [6.45, 7) is 6.34. The number of rotatable bonds is 8. The minimum atomic E-state index is 0.232. The van der Waals surface area contributed by atoms with Crippen LogP contribution in [-0.4, -0.2) is 64.0 Å². The maximum absolute atomic E-state index is 6.12. The molecule has 0 unspecified atom stereocenters. The van der Waals surface area contributed by atoms with Gasteiger partial charge in [0.15, 0.2) is 0 Å². The van der Waals surface area contributed by atoms with Gasteiger partial charge in [0.1, 0.15) is 0 Å². The van der Waals surface area contributed by atoms with E-state index in [4.69, 9.17) is 11.6 Å². The summed E-state index contributed by atoms with van der Waals surface area (Å²) < 4.78 is 0. The normalized spacial score (nSPS) is 15.4. The molecule has 7 heteroatoms. The number of benzene rings is 1. The van der Waals surface area contributed by atoms with Crippen LogP contribution in [0.2, 0.25) is 5.02 Å². The summed E-state index contributed by atoms with van der Waals surface area (Å²) in [7, 11) is 0. The Bertz CT molecular complexity index is 1180. The van der Waals surface area contributed by atoms with E-state index in [0.29, 0.717) is 5.02 Å². The second-order valence-corrected chi connectivity index (χ2v) is 9.43. The molecule has 1 aliphatic rings. The zero-order chi connectivity index (χ0) is 23.9. The number of pyridine rings is 3. The van der Waals surface area contributed by atoms with Crippen LogP contribution in [0, 0.1) is 0 Å². The molecule has 3 aromatic heterocycles. The summed E-state index contributed by atoms with van der Waals surface area (Å²) in [5.74, 6) is 0. The Balaban J connectivity index is 1.17. The summed E-state index contributed by atoms with van der Waals surface area (Å²) in [6.07, 6.45) is 11.7. The highest BCUT2D eigenvalue weighted by Gasteiger charge is 2.24. The summed E-state index contributed by atoms with van der Waals surface area (Å²) in [6, 6.07) is 16.7. The van der Waals surface area contributed by atoms with Crippen molar-refractivity contribution >= 4 is 28.2 Å². The third kappa shape index (κ3) is 5.96.